The fraction of sp³-hybridized carbons (Fsp3) is 0.571. The highest BCUT2D eigenvalue weighted by molar-refractivity contribution is 5.48. The van der Waals surface area contributed by atoms with E-state index in [1.807, 2.05) is 31.9 Å². The quantitative estimate of drug-likeness (QED) is 0.808. The Morgan fingerprint density at radius 1 is 1.39 bits per heavy atom. The predicted octanol–water partition coefficient (Wildman–Crippen LogP) is 2.41. The van der Waals surface area contributed by atoms with Crippen molar-refractivity contribution >= 4 is 5.69 Å². The van der Waals surface area contributed by atoms with Crippen LogP contribution < -0.4 is 10.2 Å². The zero-order valence-electron chi connectivity index (χ0n) is 11.7. The van der Waals surface area contributed by atoms with E-state index in [2.05, 4.69) is 5.32 Å². The molecule has 0 fully saturated rings. The summed E-state index contributed by atoms with van der Waals surface area (Å²) in [6, 6.07) is 5.13. The van der Waals surface area contributed by atoms with Crippen LogP contribution in [-0.4, -0.2) is 33.4 Å². The maximum Gasteiger partial charge on any atom is 0.125 e. The Kier molecular flexibility index (Phi) is 6.09. The first-order valence-electron chi connectivity index (χ1n) is 6.31. The average molecular weight is 254 g/mol. The van der Waals surface area contributed by atoms with Crippen LogP contribution in [0.25, 0.3) is 0 Å². The number of methoxy groups -OCH3 is 1. The molecule has 0 spiro atoms. The molecule has 1 N–H and O–H groups in total. The van der Waals surface area contributed by atoms with Gasteiger partial charge in [0.15, 0.2) is 0 Å². The molecule has 1 aromatic carbocycles. The molecule has 4 heteroatoms. The lowest BCUT2D eigenvalue weighted by Gasteiger charge is -2.23. The number of hydrogen-bond donors (Lipinski definition) is 1. The number of nitrogens with zero attached hydrogens (tertiary/aromatic N) is 1. The third kappa shape index (κ3) is 4.63. The third-order valence-corrected chi connectivity index (χ3v) is 2.90. The van der Waals surface area contributed by atoms with Crippen LogP contribution in [0.3, 0.4) is 0 Å². The summed E-state index contributed by atoms with van der Waals surface area (Å²) in [6.07, 6.45) is 0.121. The summed E-state index contributed by atoms with van der Waals surface area (Å²) in [5, 5.41) is 3.20. The van der Waals surface area contributed by atoms with E-state index in [0.29, 0.717) is 6.54 Å². The molecule has 0 saturated heterocycles. The van der Waals surface area contributed by atoms with E-state index >= 15 is 0 Å². The normalized spacial score (nSPS) is 12.5. The number of anilines is 1. The van der Waals surface area contributed by atoms with Crippen LogP contribution in [0, 0.1) is 5.82 Å². The maximum absolute atomic E-state index is 13.5. The largest absolute Gasteiger partial charge is 0.380 e. The van der Waals surface area contributed by atoms with Crippen LogP contribution in [-0.2, 0) is 11.3 Å². The van der Waals surface area contributed by atoms with Gasteiger partial charge in [-0.2, -0.15) is 0 Å². The Labute approximate surface area is 109 Å². The maximum atomic E-state index is 13.5. The summed E-state index contributed by atoms with van der Waals surface area (Å²) in [5.74, 6) is -0.197. The lowest BCUT2D eigenvalue weighted by Crippen LogP contribution is -2.28. The Bertz CT molecular complexity index is 371. The topological polar surface area (TPSA) is 24.5 Å². The molecule has 1 aromatic rings. The summed E-state index contributed by atoms with van der Waals surface area (Å²) >= 11 is 0. The summed E-state index contributed by atoms with van der Waals surface area (Å²) in [4.78, 5) is 2.01. The second-order valence-corrected chi connectivity index (χ2v) is 4.52. The average Bonchev–Trinajstić information content (AvgIpc) is 2.35. The van der Waals surface area contributed by atoms with Gasteiger partial charge < -0.3 is 15.0 Å². The molecular weight excluding hydrogens is 231 g/mol. The summed E-state index contributed by atoms with van der Waals surface area (Å²) < 4.78 is 18.8. The molecule has 0 aromatic heterocycles. The van der Waals surface area contributed by atoms with Crippen LogP contribution in [0.2, 0.25) is 0 Å². The van der Waals surface area contributed by atoms with Crippen molar-refractivity contribution in [1.29, 1.82) is 0 Å². The van der Waals surface area contributed by atoms with E-state index in [1.165, 1.54) is 0 Å². The molecule has 0 amide bonds. The number of benzene rings is 1. The molecule has 1 atom stereocenters. The molecule has 0 aliphatic carbocycles. The van der Waals surface area contributed by atoms with Gasteiger partial charge in [0, 0.05) is 32.9 Å². The van der Waals surface area contributed by atoms with Crippen molar-refractivity contribution in [1.82, 2.24) is 5.32 Å². The number of nitrogens with one attached hydrogen (secondary N) is 1. The lowest BCUT2D eigenvalue weighted by atomic mass is 10.1. The molecule has 0 heterocycles. The number of rotatable bonds is 7. The highest BCUT2D eigenvalue weighted by atomic mass is 19.1. The van der Waals surface area contributed by atoms with Gasteiger partial charge in [-0.25, -0.2) is 4.39 Å². The highest BCUT2D eigenvalue weighted by Crippen LogP contribution is 2.18. The minimum absolute atomic E-state index is 0.121. The van der Waals surface area contributed by atoms with E-state index in [1.54, 1.807) is 19.2 Å². The second-order valence-electron chi connectivity index (χ2n) is 4.52. The first kappa shape index (κ1) is 14.9. The van der Waals surface area contributed by atoms with E-state index < -0.39 is 0 Å². The first-order chi connectivity index (χ1) is 8.56. The smallest absolute Gasteiger partial charge is 0.125 e. The molecule has 0 saturated carbocycles. The van der Waals surface area contributed by atoms with Gasteiger partial charge in [-0.3, -0.25) is 0 Å². The summed E-state index contributed by atoms with van der Waals surface area (Å²) in [5.41, 5.74) is 1.84. The Morgan fingerprint density at radius 3 is 2.72 bits per heavy atom. The van der Waals surface area contributed by atoms with Gasteiger partial charge in [0.2, 0.25) is 0 Å². The van der Waals surface area contributed by atoms with Crippen LogP contribution >= 0.6 is 0 Å². The van der Waals surface area contributed by atoms with Crippen LogP contribution in [0.4, 0.5) is 10.1 Å². The summed E-state index contributed by atoms with van der Waals surface area (Å²) in [7, 11) is 3.63. The van der Waals surface area contributed by atoms with Gasteiger partial charge in [0.05, 0.1) is 6.10 Å². The number of likely N-dealkylation sites (N-methyl/N-ethyl adjacent to an activating group) is 1. The van der Waals surface area contributed by atoms with E-state index in [-0.39, 0.29) is 11.9 Å². The van der Waals surface area contributed by atoms with Crippen molar-refractivity contribution in [3.63, 3.8) is 0 Å². The van der Waals surface area contributed by atoms with E-state index in [4.69, 9.17) is 4.74 Å². The first-order valence-corrected chi connectivity index (χ1v) is 6.31. The van der Waals surface area contributed by atoms with Gasteiger partial charge in [-0.05, 0) is 37.2 Å². The van der Waals surface area contributed by atoms with Crippen LogP contribution in [0.1, 0.15) is 19.4 Å². The van der Waals surface area contributed by atoms with Crippen molar-refractivity contribution in [3.05, 3.63) is 29.6 Å². The van der Waals surface area contributed by atoms with Crippen molar-refractivity contribution in [2.75, 3.05) is 32.1 Å². The molecular formula is C14H23FN2O. The number of halogens is 1. The second kappa shape index (κ2) is 7.34. The van der Waals surface area contributed by atoms with E-state index in [9.17, 15) is 4.39 Å². The monoisotopic (exact) mass is 254 g/mol. The zero-order valence-corrected chi connectivity index (χ0v) is 11.7. The highest BCUT2D eigenvalue weighted by Gasteiger charge is 2.08. The SMILES string of the molecule is CCNCc1cc(F)cc(N(C)CC(C)OC)c1. The minimum Gasteiger partial charge on any atom is -0.380 e. The van der Waals surface area contributed by atoms with Gasteiger partial charge in [-0.1, -0.05) is 6.92 Å². The van der Waals surface area contributed by atoms with Crippen molar-refractivity contribution < 1.29 is 9.13 Å². The molecule has 18 heavy (non-hydrogen) atoms. The predicted molar refractivity (Wildman–Crippen MR) is 73.5 cm³/mol. The van der Waals surface area contributed by atoms with Crippen molar-refractivity contribution in [2.45, 2.75) is 26.5 Å². The third-order valence-electron chi connectivity index (χ3n) is 2.90. The fourth-order valence-electron chi connectivity index (χ4n) is 1.79. The Hall–Kier alpha value is -1.13. The van der Waals surface area contributed by atoms with Gasteiger partial charge in [-0.15, -0.1) is 0 Å². The van der Waals surface area contributed by atoms with Crippen molar-refractivity contribution in [3.8, 4) is 0 Å². The Morgan fingerprint density at radius 2 is 2.11 bits per heavy atom. The zero-order chi connectivity index (χ0) is 13.5. The summed E-state index contributed by atoms with van der Waals surface area (Å²) in [6.45, 7) is 6.33. The minimum atomic E-state index is -0.197. The van der Waals surface area contributed by atoms with E-state index in [0.717, 1.165) is 24.3 Å². The molecule has 1 unspecified atom stereocenters. The molecule has 0 aliphatic heterocycles. The Balaban J connectivity index is 2.77. The molecule has 0 aliphatic rings. The molecule has 0 bridgehead atoms. The van der Waals surface area contributed by atoms with Gasteiger partial charge in [0.25, 0.3) is 0 Å². The number of ether oxygens (including phenoxy) is 1. The van der Waals surface area contributed by atoms with Gasteiger partial charge >= 0.3 is 0 Å². The van der Waals surface area contributed by atoms with Gasteiger partial charge in [0.1, 0.15) is 5.82 Å². The van der Waals surface area contributed by atoms with Crippen LogP contribution in [0.5, 0.6) is 0 Å². The van der Waals surface area contributed by atoms with Crippen molar-refractivity contribution in [2.24, 2.45) is 0 Å². The standard InChI is InChI=1S/C14H23FN2O/c1-5-16-9-12-6-13(15)8-14(7-12)17(3)10-11(2)18-4/h6-8,11,16H,5,9-10H2,1-4H3. The van der Waals surface area contributed by atoms with Crippen LogP contribution in [0.15, 0.2) is 18.2 Å². The molecule has 0 radical (unpaired) electrons. The molecule has 3 nitrogen and oxygen atoms in total. The number of hydrogen-bond acceptors (Lipinski definition) is 3. The molecule has 102 valence electrons. The lowest BCUT2D eigenvalue weighted by molar-refractivity contribution is 0.124. The fourth-order valence-corrected chi connectivity index (χ4v) is 1.79. The molecule has 1 rings (SSSR count).